The number of aryl methyl sites for hydroxylation is 1. The highest BCUT2D eigenvalue weighted by atomic mass is 32.1. The topological polar surface area (TPSA) is 99.1 Å². The minimum atomic E-state index is -0.487. The monoisotopic (exact) mass is 348 g/mol. The van der Waals surface area contributed by atoms with Gasteiger partial charge in [-0.2, -0.15) is 0 Å². The molecular weight excluding hydrogens is 332 g/mol. The van der Waals surface area contributed by atoms with E-state index in [4.69, 9.17) is 4.52 Å². The molecule has 9 heteroatoms. The molecule has 3 heterocycles. The number of fused-ring (bicyclic) bond motifs is 1. The number of nitrogens with one attached hydrogen (secondary N) is 1. The highest BCUT2D eigenvalue weighted by Gasteiger charge is 2.16. The van der Waals surface area contributed by atoms with Crippen molar-refractivity contribution < 1.29 is 9.32 Å². The first-order valence-electron chi connectivity index (χ1n) is 7.45. The smallest absolute Gasteiger partial charge is 0.332 e. The van der Waals surface area contributed by atoms with Gasteiger partial charge in [0.25, 0.3) is 5.56 Å². The Bertz CT molecular complexity index is 1010. The molecule has 8 nitrogen and oxygen atoms in total. The summed E-state index contributed by atoms with van der Waals surface area (Å²) in [6.45, 7) is 3.70. The summed E-state index contributed by atoms with van der Waals surface area (Å²) in [5.74, 6) is 0.438. The predicted molar refractivity (Wildman–Crippen MR) is 90.5 cm³/mol. The van der Waals surface area contributed by atoms with Gasteiger partial charge in [0.1, 0.15) is 17.0 Å². The summed E-state index contributed by atoms with van der Waals surface area (Å²) in [4.78, 5) is 37.2. The molecule has 0 radical (unpaired) electrons. The van der Waals surface area contributed by atoms with E-state index in [-0.39, 0.29) is 17.9 Å². The van der Waals surface area contributed by atoms with Crippen LogP contribution in [0.4, 0.5) is 5.82 Å². The van der Waals surface area contributed by atoms with Crippen LogP contribution in [0.5, 0.6) is 0 Å². The van der Waals surface area contributed by atoms with E-state index in [0.717, 1.165) is 0 Å². The van der Waals surface area contributed by atoms with Crippen LogP contribution in [0.1, 0.15) is 19.1 Å². The van der Waals surface area contributed by atoms with Crippen LogP contribution in [0.2, 0.25) is 0 Å². The average molecular weight is 348 g/mol. The highest BCUT2D eigenvalue weighted by Crippen LogP contribution is 2.15. The summed E-state index contributed by atoms with van der Waals surface area (Å²) in [6, 6.07) is 3.26. The van der Waals surface area contributed by atoms with E-state index in [1.54, 1.807) is 24.4 Å². The van der Waals surface area contributed by atoms with Crippen molar-refractivity contribution in [3.05, 3.63) is 44.1 Å². The lowest BCUT2D eigenvalue weighted by atomic mass is 10.4. The minimum Gasteiger partial charge on any atom is -0.360 e. The fourth-order valence-electron chi connectivity index (χ4n) is 2.46. The number of amides is 1. The Labute approximate surface area is 140 Å². The average Bonchev–Trinajstić information content (AvgIpc) is 3.17. The Hall–Kier alpha value is -2.68. The Balaban J connectivity index is 1.99. The van der Waals surface area contributed by atoms with Crippen molar-refractivity contribution in [3.8, 4) is 0 Å². The number of aromatic nitrogens is 3. The number of carbonyl (C=O) groups is 1. The maximum Gasteiger partial charge on any atom is 0.332 e. The minimum absolute atomic E-state index is 0.206. The summed E-state index contributed by atoms with van der Waals surface area (Å²) in [5, 5.41) is 7.99. The van der Waals surface area contributed by atoms with Crippen molar-refractivity contribution in [1.82, 2.24) is 14.3 Å². The van der Waals surface area contributed by atoms with Crippen LogP contribution < -0.4 is 16.6 Å². The maximum atomic E-state index is 12.6. The van der Waals surface area contributed by atoms with E-state index in [0.29, 0.717) is 28.9 Å². The summed E-state index contributed by atoms with van der Waals surface area (Å²) < 4.78 is 7.84. The number of carbonyl (C=O) groups excluding carboxylic acids is 1. The molecule has 3 aromatic heterocycles. The molecule has 0 aliphatic rings. The third-order valence-electron chi connectivity index (χ3n) is 3.48. The lowest BCUT2D eigenvalue weighted by molar-refractivity contribution is -0.116. The molecule has 0 unspecified atom stereocenters. The molecule has 3 rings (SSSR count). The van der Waals surface area contributed by atoms with E-state index in [1.807, 2.05) is 6.92 Å². The second-order valence-corrected chi connectivity index (χ2v) is 6.25. The lowest BCUT2D eigenvalue weighted by Crippen LogP contribution is -2.41. The molecule has 3 aromatic rings. The van der Waals surface area contributed by atoms with E-state index in [2.05, 4.69) is 10.5 Å². The van der Waals surface area contributed by atoms with Gasteiger partial charge in [-0.25, -0.2) is 4.79 Å². The molecule has 0 atom stereocenters. The molecular formula is C15H16N4O4S. The van der Waals surface area contributed by atoms with Gasteiger partial charge in [0.05, 0.1) is 5.52 Å². The van der Waals surface area contributed by atoms with Crippen molar-refractivity contribution in [2.45, 2.75) is 33.4 Å². The number of hydrogen-bond donors (Lipinski definition) is 1. The first-order valence-corrected chi connectivity index (χ1v) is 8.33. The van der Waals surface area contributed by atoms with E-state index in [1.165, 1.54) is 20.5 Å². The molecule has 0 aliphatic heterocycles. The summed E-state index contributed by atoms with van der Waals surface area (Å²) in [7, 11) is 0. The third kappa shape index (κ3) is 2.90. The molecule has 0 spiro atoms. The maximum absolute atomic E-state index is 12.6. The molecule has 126 valence electrons. The van der Waals surface area contributed by atoms with Crippen molar-refractivity contribution in [3.63, 3.8) is 0 Å². The number of anilines is 1. The molecule has 0 aromatic carbocycles. The fourth-order valence-corrected chi connectivity index (χ4v) is 3.30. The largest absolute Gasteiger partial charge is 0.360 e. The summed E-state index contributed by atoms with van der Waals surface area (Å²) in [6.07, 6.45) is 0.649. The van der Waals surface area contributed by atoms with Gasteiger partial charge in [-0.3, -0.25) is 18.7 Å². The van der Waals surface area contributed by atoms with Crippen LogP contribution in [0, 0.1) is 6.92 Å². The van der Waals surface area contributed by atoms with Gasteiger partial charge < -0.3 is 9.84 Å². The quantitative estimate of drug-likeness (QED) is 0.754. The van der Waals surface area contributed by atoms with E-state index in [9.17, 15) is 14.4 Å². The molecule has 0 saturated heterocycles. The first kappa shape index (κ1) is 16.2. The van der Waals surface area contributed by atoms with Crippen molar-refractivity contribution in [2.75, 3.05) is 5.32 Å². The number of rotatable bonds is 5. The second-order valence-electron chi connectivity index (χ2n) is 5.33. The fraction of sp³-hybridized carbons (Fsp3) is 0.333. The van der Waals surface area contributed by atoms with E-state index >= 15 is 0 Å². The Morgan fingerprint density at radius 2 is 2.17 bits per heavy atom. The predicted octanol–water partition coefficient (Wildman–Crippen LogP) is 1.57. The van der Waals surface area contributed by atoms with Crippen molar-refractivity contribution >= 4 is 33.3 Å². The Morgan fingerprint density at radius 1 is 1.38 bits per heavy atom. The van der Waals surface area contributed by atoms with Crippen LogP contribution >= 0.6 is 11.3 Å². The highest BCUT2D eigenvalue weighted by molar-refractivity contribution is 7.17. The normalized spacial score (nSPS) is 11.1. The SMILES string of the molecule is CCCn1c(=O)c2sccc2n(CC(=O)Nc2cc(C)on2)c1=O. The van der Waals surface area contributed by atoms with Gasteiger partial charge in [0.15, 0.2) is 5.82 Å². The molecule has 0 saturated carbocycles. The van der Waals surface area contributed by atoms with Gasteiger partial charge in [-0.05, 0) is 24.8 Å². The number of thiophene rings is 1. The van der Waals surface area contributed by atoms with Gasteiger partial charge in [-0.15, -0.1) is 11.3 Å². The molecule has 1 amide bonds. The first-order chi connectivity index (χ1) is 11.5. The van der Waals surface area contributed by atoms with Crippen LogP contribution in [0.15, 0.2) is 31.6 Å². The van der Waals surface area contributed by atoms with Gasteiger partial charge in [0.2, 0.25) is 5.91 Å². The van der Waals surface area contributed by atoms with Gasteiger partial charge >= 0.3 is 5.69 Å². The zero-order valence-electron chi connectivity index (χ0n) is 13.2. The second kappa shape index (κ2) is 6.44. The van der Waals surface area contributed by atoms with Gasteiger partial charge in [-0.1, -0.05) is 12.1 Å². The van der Waals surface area contributed by atoms with Crippen LogP contribution in [0.3, 0.4) is 0 Å². The lowest BCUT2D eigenvalue weighted by Gasteiger charge is -2.11. The van der Waals surface area contributed by atoms with Crippen molar-refractivity contribution in [2.24, 2.45) is 0 Å². The molecule has 0 fully saturated rings. The Kier molecular flexibility index (Phi) is 4.34. The summed E-state index contributed by atoms with van der Waals surface area (Å²) >= 11 is 1.26. The third-order valence-corrected chi connectivity index (χ3v) is 4.37. The molecule has 24 heavy (non-hydrogen) atoms. The molecule has 1 N–H and O–H groups in total. The molecule has 0 aliphatic carbocycles. The van der Waals surface area contributed by atoms with Crippen LogP contribution in [-0.2, 0) is 17.9 Å². The zero-order chi connectivity index (χ0) is 17.3. The van der Waals surface area contributed by atoms with Crippen LogP contribution in [0.25, 0.3) is 10.2 Å². The Morgan fingerprint density at radius 3 is 2.83 bits per heavy atom. The van der Waals surface area contributed by atoms with Gasteiger partial charge in [0, 0.05) is 12.6 Å². The number of nitrogens with zero attached hydrogens (tertiary/aromatic N) is 3. The number of hydrogen-bond acceptors (Lipinski definition) is 6. The standard InChI is InChI=1S/C15H16N4O4S/c1-3-5-18-14(21)13-10(4-6-24-13)19(15(18)22)8-12(20)16-11-7-9(2)23-17-11/h4,6-7H,3,5,8H2,1-2H3,(H,16,17,20). The van der Waals surface area contributed by atoms with Crippen molar-refractivity contribution in [1.29, 1.82) is 0 Å². The molecule has 0 bridgehead atoms. The van der Waals surface area contributed by atoms with Crippen LogP contribution in [-0.4, -0.2) is 20.2 Å². The van der Waals surface area contributed by atoms with E-state index < -0.39 is 11.6 Å². The zero-order valence-corrected chi connectivity index (χ0v) is 14.1. The summed E-state index contributed by atoms with van der Waals surface area (Å²) in [5.41, 5.74) is -0.330.